The normalized spacial score (nSPS) is 18.3. The largest absolute Gasteiger partial charge is 0.497 e. The quantitative estimate of drug-likeness (QED) is 0.586. The number of fused-ring (bicyclic) bond motifs is 1. The number of nitrogens with one attached hydrogen (secondary N) is 1. The molecule has 3 aromatic rings. The Balaban J connectivity index is 1.40. The number of ether oxygens (including phenoxy) is 1. The fourth-order valence-corrected chi connectivity index (χ4v) is 4.80. The van der Waals surface area contributed by atoms with Crippen molar-refractivity contribution in [3.8, 4) is 5.75 Å². The second kappa shape index (κ2) is 9.14. The molecule has 0 bridgehead atoms. The van der Waals surface area contributed by atoms with Crippen LogP contribution in [-0.4, -0.2) is 36.0 Å². The number of hydrogen-bond acceptors (Lipinski definition) is 5. The van der Waals surface area contributed by atoms with Crippen molar-refractivity contribution in [2.24, 2.45) is 5.92 Å². The Bertz CT molecular complexity index is 1030. The van der Waals surface area contributed by atoms with Gasteiger partial charge in [-0.1, -0.05) is 31.2 Å². The summed E-state index contributed by atoms with van der Waals surface area (Å²) >= 11 is 1.50. The van der Waals surface area contributed by atoms with E-state index >= 15 is 0 Å². The van der Waals surface area contributed by atoms with Crippen LogP contribution in [0.25, 0.3) is 10.8 Å². The minimum absolute atomic E-state index is 0.0321. The number of nitrogens with zero attached hydrogens (tertiary/aromatic N) is 2. The summed E-state index contributed by atoms with van der Waals surface area (Å²) in [5, 5.41) is 7.94. The van der Waals surface area contributed by atoms with Crippen LogP contribution in [0.2, 0.25) is 0 Å². The molecule has 1 aromatic heterocycles. The predicted octanol–water partition coefficient (Wildman–Crippen LogP) is 5.28. The summed E-state index contributed by atoms with van der Waals surface area (Å²) in [5.41, 5.74) is 2.03. The highest BCUT2D eigenvalue weighted by molar-refractivity contribution is 7.13. The molecule has 30 heavy (non-hydrogen) atoms. The predicted molar refractivity (Wildman–Crippen MR) is 123 cm³/mol. The van der Waals surface area contributed by atoms with E-state index in [2.05, 4.69) is 33.6 Å². The second-order valence-electron chi connectivity index (χ2n) is 8.31. The maximum Gasteiger partial charge on any atom is 0.233 e. The Morgan fingerprint density at radius 3 is 2.90 bits per heavy atom. The molecule has 2 atom stereocenters. The van der Waals surface area contributed by atoms with Crippen molar-refractivity contribution in [3.05, 3.63) is 53.0 Å². The van der Waals surface area contributed by atoms with Crippen molar-refractivity contribution in [2.75, 3.05) is 25.5 Å². The lowest BCUT2D eigenvalue weighted by Crippen LogP contribution is -2.33. The number of aromatic nitrogens is 1. The molecule has 1 fully saturated rings. The number of thiazole rings is 1. The summed E-state index contributed by atoms with van der Waals surface area (Å²) in [6, 6.07) is 12.1. The number of benzene rings is 2. The Morgan fingerprint density at radius 1 is 1.30 bits per heavy atom. The molecule has 1 aliphatic heterocycles. The first-order chi connectivity index (χ1) is 14.5. The van der Waals surface area contributed by atoms with E-state index in [0.29, 0.717) is 5.13 Å². The van der Waals surface area contributed by atoms with Gasteiger partial charge in [-0.3, -0.25) is 9.69 Å². The molecule has 158 valence electrons. The van der Waals surface area contributed by atoms with Gasteiger partial charge in [-0.25, -0.2) is 4.98 Å². The van der Waals surface area contributed by atoms with Gasteiger partial charge in [0.05, 0.1) is 18.7 Å². The summed E-state index contributed by atoms with van der Waals surface area (Å²) in [6.45, 7) is 7.37. The minimum Gasteiger partial charge on any atom is -0.497 e. The van der Waals surface area contributed by atoms with Crippen LogP contribution in [0.3, 0.4) is 0 Å². The van der Waals surface area contributed by atoms with E-state index in [0.717, 1.165) is 53.3 Å². The monoisotopic (exact) mass is 423 g/mol. The van der Waals surface area contributed by atoms with Crippen LogP contribution in [0, 0.1) is 5.92 Å². The molecule has 2 aromatic carbocycles. The zero-order valence-corrected chi connectivity index (χ0v) is 18.7. The third kappa shape index (κ3) is 4.82. The molecule has 6 heteroatoms. The number of carbonyl (C=O) groups is 1. The van der Waals surface area contributed by atoms with Crippen LogP contribution in [-0.2, 0) is 11.3 Å². The van der Waals surface area contributed by atoms with Crippen molar-refractivity contribution in [3.63, 3.8) is 0 Å². The molecule has 1 amide bonds. The van der Waals surface area contributed by atoms with Gasteiger partial charge in [0.15, 0.2) is 5.13 Å². The number of carbonyl (C=O) groups excluding carboxylic acids is 1. The van der Waals surface area contributed by atoms with Crippen molar-refractivity contribution in [2.45, 2.75) is 39.2 Å². The number of piperidine rings is 1. The number of likely N-dealkylation sites (tertiary alicyclic amines) is 1. The van der Waals surface area contributed by atoms with E-state index in [1.54, 1.807) is 7.11 Å². The number of methoxy groups -OCH3 is 1. The Morgan fingerprint density at radius 2 is 2.10 bits per heavy atom. The molecule has 4 rings (SSSR count). The summed E-state index contributed by atoms with van der Waals surface area (Å²) in [5.74, 6) is 1.29. The third-order valence-electron chi connectivity index (χ3n) is 5.87. The van der Waals surface area contributed by atoms with Gasteiger partial charge in [0.25, 0.3) is 0 Å². The van der Waals surface area contributed by atoms with Gasteiger partial charge in [0.1, 0.15) is 5.75 Å². The number of anilines is 1. The molecular formula is C24H29N3O2S. The van der Waals surface area contributed by atoms with Crippen molar-refractivity contribution in [1.82, 2.24) is 9.88 Å². The van der Waals surface area contributed by atoms with Gasteiger partial charge in [0.2, 0.25) is 5.91 Å². The zero-order valence-electron chi connectivity index (χ0n) is 17.9. The summed E-state index contributed by atoms with van der Waals surface area (Å²) in [6.07, 6.45) is 2.57. The van der Waals surface area contributed by atoms with Crippen LogP contribution in [0.5, 0.6) is 5.75 Å². The Kier molecular flexibility index (Phi) is 6.35. The third-order valence-corrected chi connectivity index (χ3v) is 6.68. The second-order valence-corrected chi connectivity index (χ2v) is 9.17. The summed E-state index contributed by atoms with van der Waals surface area (Å²) < 4.78 is 5.29. The summed E-state index contributed by atoms with van der Waals surface area (Å²) in [4.78, 5) is 19.9. The smallest absolute Gasteiger partial charge is 0.233 e. The van der Waals surface area contributed by atoms with Gasteiger partial charge >= 0.3 is 0 Å². The first-order valence-corrected chi connectivity index (χ1v) is 11.4. The van der Waals surface area contributed by atoms with Crippen molar-refractivity contribution >= 4 is 33.1 Å². The van der Waals surface area contributed by atoms with E-state index in [1.807, 2.05) is 37.3 Å². The van der Waals surface area contributed by atoms with E-state index in [-0.39, 0.29) is 11.8 Å². The van der Waals surface area contributed by atoms with Crippen LogP contribution >= 0.6 is 11.3 Å². The molecule has 1 aliphatic rings. The molecule has 0 spiro atoms. The van der Waals surface area contributed by atoms with Crippen LogP contribution in [0.1, 0.15) is 43.9 Å². The van der Waals surface area contributed by atoms with E-state index in [1.165, 1.54) is 24.2 Å². The number of amides is 1. The average molecular weight is 424 g/mol. The average Bonchev–Trinajstić information content (AvgIpc) is 3.19. The van der Waals surface area contributed by atoms with Gasteiger partial charge in [-0.05, 0) is 60.7 Å². The molecule has 1 saturated heterocycles. The molecular weight excluding hydrogens is 394 g/mol. The zero-order chi connectivity index (χ0) is 21.1. The minimum atomic E-state index is -0.258. The SMILES string of the molecule is COc1ccc2cc(C(C)C(=O)Nc3nc(CN4CCCC(C)C4)cs3)ccc2c1. The van der Waals surface area contributed by atoms with Crippen molar-refractivity contribution in [1.29, 1.82) is 0 Å². The standard InChI is InChI=1S/C24H29N3O2S/c1-16-5-4-10-27(13-16)14-21-15-30-24(25-21)26-23(28)17(2)18-6-7-20-12-22(29-3)9-8-19(20)11-18/h6-9,11-12,15-17H,4-5,10,13-14H2,1-3H3,(H,25,26,28). The van der Waals surface area contributed by atoms with Gasteiger partial charge in [0, 0.05) is 18.5 Å². The van der Waals surface area contributed by atoms with Crippen LogP contribution in [0.4, 0.5) is 5.13 Å². The fourth-order valence-electron chi connectivity index (χ4n) is 4.10. The van der Waals surface area contributed by atoms with Gasteiger partial charge < -0.3 is 10.1 Å². The highest BCUT2D eigenvalue weighted by Crippen LogP contribution is 2.27. The van der Waals surface area contributed by atoms with E-state index in [9.17, 15) is 4.79 Å². The lowest BCUT2D eigenvalue weighted by molar-refractivity contribution is -0.117. The van der Waals surface area contributed by atoms with Crippen LogP contribution in [0.15, 0.2) is 41.8 Å². The lowest BCUT2D eigenvalue weighted by Gasteiger charge is -2.30. The van der Waals surface area contributed by atoms with E-state index < -0.39 is 0 Å². The first-order valence-electron chi connectivity index (χ1n) is 10.6. The van der Waals surface area contributed by atoms with Crippen molar-refractivity contribution < 1.29 is 9.53 Å². The van der Waals surface area contributed by atoms with E-state index in [4.69, 9.17) is 4.74 Å². The lowest BCUT2D eigenvalue weighted by atomic mass is 9.97. The molecule has 1 N–H and O–H groups in total. The molecule has 2 heterocycles. The topological polar surface area (TPSA) is 54.5 Å². The van der Waals surface area contributed by atoms with Gasteiger partial charge in [-0.15, -0.1) is 11.3 Å². The summed E-state index contributed by atoms with van der Waals surface area (Å²) in [7, 11) is 1.67. The molecule has 0 saturated carbocycles. The molecule has 0 radical (unpaired) electrons. The molecule has 0 aliphatic carbocycles. The first kappa shape index (κ1) is 20.8. The Labute approximate surface area is 182 Å². The molecule has 2 unspecified atom stereocenters. The number of hydrogen-bond donors (Lipinski definition) is 1. The Hall–Kier alpha value is -2.44. The highest BCUT2D eigenvalue weighted by Gasteiger charge is 2.19. The van der Waals surface area contributed by atoms with Crippen LogP contribution < -0.4 is 10.1 Å². The number of rotatable bonds is 6. The maximum absolute atomic E-state index is 12.8. The fraction of sp³-hybridized carbons (Fsp3) is 0.417. The van der Waals surface area contributed by atoms with Gasteiger partial charge in [-0.2, -0.15) is 0 Å². The highest BCUT2D eigenvalue weighted by atomic mass is 32.1. The molecule has 5 nitrogen and oxygen atoms in total. The maximum atomic E-state index is 12.8.